The molecule has 0 heterocycles. The van der Waals surface area contributed by atoms with E-state index in [-0.39, 0.29) is 18.4 Å². The van der Waals surface area contributed by atoms with Gasteiger partial charge in [0.25, 0.3) is 0 Å². The smallest absolute Gasteiger partial charge is 0.317 e. The van der Waals surface area contributed by atoms with Crippen LogP contribution in [0.5, 0.6) is 0 Å². The lowest BCUT2D eigenvalue weighted by molar-refractivity contribution is -0.139. The first-order valence-electron chi connectivity index (χ1n) is 7.34. The second kappa shape index (κ2) is 6.84. The van der Waals surface area contributed by atoms with Crippen molar-refractivity contribution < 1.29 is 14.3 Å². The molecule has 1 N–H and O–H groups in total. The van der Waals surface area contributed by atoms with Gasteiger partial charge in [0, 0.05) is 12.1 Å². The summed E-state index contributed by atoms with van der Waals surface area (Å²) in [6.07, 6.45) is 5.28. The number of hydrogen-bond acceptors (Lipinski definition) is 2. The van der Waals surface area contributed by atoms with E-state index in [1.165, 1.54) is 25.0 Å². The summed E-state index contributed by atoms with van der Waals surface area (Å²) in [5, 5.41) is 9.18. The Hall–Kier alpha value is -1.42. The highest BCUT2D eigenvalue weighted by atomic mass is 19.1. The summed E-state index contributed by atoms with van der Waals surface area (Å²) in [4.78, 5) is 13.3. The quantitative estimate of drug-likeness (QED) is 0.865. The number of halogens is 1. The van der Waals surface area contributed by atoms with Crippen LogP contribution in [0.3, 0.4) is 0 Å². The predicted octanol–water partition coefficient (Wildman–Crippen LogP) is 3.61. The van der Waals surface area contributed by atoms with Crippen molar-refractivity contribution in [3.05, 3.63) is 35.6 Å². The van der Waals surface area contributed by atoms with Crippen molar-refractivity contribution in [2.24, 2.45) is 0 Å². The molecule has 1 aromatic rings. The summed E-state index contributed by atoms with van der Waals surface area (Å²) >= 11 is 0. The molecule has 0 spiro atoms. The second-order valence-corrected chi connectivity index (χ2v) is 5.48. The third-order valence-corrected chi connectivity index (χ3v) is 4.15. The van der Waals surface area contributed by atoms with Crippen LogP contribution in [0.15, 0.2) is 24.3 Å². The van der Waals surface area contributed by atoms with Crippen LogP contribution in [0.1, 0.15) is 50.6 Å². The van der Waals surface area contributed by atoms with Crippen LogP contribution in [-0.2, 0) is 4.79 Å². The molecule has 1 aliphatic rings. The van der Waals surface area contributed by atoms with E-state index in [9.17, 15) is 14.3 Å². The van der Waals surface area contributed by atoms with Crippen LogP contribution in [0.4, 0.5) is 4.39 Å². The van der Waals surface area contributed by atoms with Crippen LogP contribution in [0, 0.1) is 5.82 Å². The second-order valence-electron chi connectivity index (χ2n) is 5.48. The number of carboxylic acids is 1. The third-order valence-electron chi connectivity index (χ3n) is 4.15. The van der Waals surface area contributed by atoms with Gasteiger partial charge in [0.15, 0.2) is 0 Å². The number of aliphatic carboxylic acids is 1. The standard InChI is InChI=1S/C16H22FNO2/c1-2-15(12-7-9-13(17)10-8-12)18(11-16(19)20)14-5-3-4-6-14/h7-10,14-15H,2-6,11H2,1H3,(H,19,20). The van der Waals surface area contributed by atoms with Crippen LogP contribution >= 0.6 is 0 Å². The monoisotopic (exact) mass is 279 g/mol. The lowest BCUT2D eigenvalue weighted by atomic mass is 10.00. The van der Waals surface area contributed by atoms with Crippen molar-refractivity contribution >= 4 is 5.97 Å². The van der Waals surface area contributed by atoms with Crippen molar-refractivity contribution in [3.63, 3.8) is 0 Å². The van der Waals surface area contributed by atoms with Crippen LogP contribution in [0.2, 0.25) is 0 Å². The Bertz CT molecular complexity index is 440. The van der Waals surface area contributed by atoms with Gasteiger partial charge in [0.2, 0.25) is 0 Å². The first kappa shape index (κ1) is 15.0. The minimum absolute atomic E-state index is 0.0507. The number of rotatable bonds is 6. The van der Waals surface area contributed by atoms with Gasteiger partial charge in [-0.3, -0.25) is 9.69 Å². The van der Waals surface area contributed by atoms with Gasteiger partial charge in [-0.2, -0.15) is 0 Å². The van der Waals surface area contributed by atoms with Crippen molar-refractivity contribution in [2.75, 3.05) is 6.54 Å². The molecule has 4 heteroatoms. The number of hydrogen-bond donors (Lipinski definition) is 1. The normalized spacial score (nSPS) is 17.6. The molecule has 0 radical (unpaired) electrons. The topological polar surface area (TPSA) is 40.5 Å². The zero-order valence-corrected chi connectivity index (χ0v) is 11.9. The molecule has 110 valence electrons. The van der Waals surface area contributed by atoms with Gasteiger partial charge in [-0.1, -0.05) is 31.9 Å². The van der Waals surface area contributed by atoms with Gasteiger partial charge < -0.3 is 5.11 Å². The minimum Gasteiger partial charge on any atom is -0.480 e. The van der Waals surface area contributed by atoms with E-state index in [1.807, 2.05) is 0 Å². The number of nitrogens with zero attached hydrogens (tertiary/aromatic N) is 1. The fraction of sp³-hybridized carbons (Fsp3) is 0.562. The van der Waals surface area contributed by atoms with Gasteiger partial charge in [-0.15, -0.1) is 0 Å². The zero-order valence-electron chi connectivity index (χ0n) is 11.9. The number of carboxylic acid groups (broad SMARTS) is 1. The van der Waals surface area contributed by atoms with Crippen molar-refractivity contribution in [1.82, 2.24) is 4.90 Å². The third kappa shape index (κ3) is 3.57. The van der Waals surface area contributed by atoms with Crippen LogP contribution < -0.4 is 0 Å². The van der Waals surface area contributed by atoms with E-state index in [4.69, 9.17) is 0 Å². The molecule has 0 saturated heterocycles. The molecule has 0 aliphatic heterocycles. The van der Waals surface area contributed by atoms with E-state index in [1.54, 1.807) is 12.1 Å². The van der Waals surface area contributed by atoms with E-state index in [0.717, 1.165) is 24.8 Å². The minimum atomic E-state index is -0.794. The largest absolute Gasteiger partial charge is 0.480 e. The molecular formula is C16H22FNO2. The highest BCUT2D eigenvalue weighted by Crippen LogP contribution is 2.32. The molecule has 3 nitrogen and oxygen atoms in total. The highest BCUT2D eigenvalue weighted by Gasteiger charge is 2.30. The Labute approximate surface area is 119 Å². The van der Waals surface area contributed by atoms with Gasteiger partial charge >= 0.3 is 5.97 Å². The van der Waals surface area contributed by atoms with Crippen LogP contribution in [0.25, 0.3) is 0 Å². The average Bonchev–Trinajstić information content (AvgIpc) is 2.94. The Morgan fingerprint density at radius 2 is 1.95 bits per heavy atom. The molecule has 1 aromatic carbocycles. The molecule has 1 unspecified atom stereocenters. The predicted molar refractivity (Wildman–Crippen MR) is 76.0 cm³/mol. The fourth-order valence-electron chi connectivity index (χ4n) is 3.23. The molecule has 1 aliphatic carbocycles. The summed E-state index contributed by atoms with van der Waals surface area (Å²) in [5.74, 6) is -1.05. The molecule has 1 atom stereocenters. The van der Waals surface area contributed by atoms with E-state index in [0.29, 0.717) is 6.04 Å². The van der Waals surface area contributed by atoms with Gasteiger partial charge in [0.05, 0.1) is 6.54 Å². The van der Waals surface area contributed by atoms with Crippen molar-refractivity contribution in [3.8, 4) is 0 Å². The molecule has 0 amide bonds. The molecule has 1 saturated carbocycles. The lowest BCUT2D eigenvalue weighted by Gasteiger charge is -2.35. The Balaban J connectivity index is 2.23. The SMILES string of the molecule is CCC(c1ccc(F)cc1)N(CC(=O)O)C1CCCC1. The van der Waals surface area contributed by atoms with Crippen molar-refractivity contribution in [1.29, 1.82) is 0 Å². The molecule has 1 fully saturated rings. The lowest BCUT2D eigenvalue weighted by Crippen LogP contribution is -2.40. The summed E-state index contributed by atoms with van der Waals surface area (Å²) in [6, 6.07) is 6.83. The number of benzene rings is 1. The summed E-state index contributed by atoms with van der Waals surface area (Å²) in [6.45, 7) is 2.11. The first-order valence-corrected chi connectivity index (χ1v) is 7.34. The number of carbonyl (C=O) groups is 1. The molecule has 20 heavy (non-hydrogen) atoms. The van der Waals surface area contributed by atoms with Gasteiger partial charge in [-0.05, 0) is 37.0 Å². The highest BCUT2D eigenvalue weighted by molar-refractivity contribution is 5.69. The van der Waals surface area contributed by atoms with Crippen molar-refractivity contribution in [2.45, 2.75) is 51.1 Å². The van der Waals surface area contributed by atoms with E-state index in [2.05, 4.69) is 11.8 Å². The molecule has 2 rings (SSSR count). The maximum absolute atomic E-state index is 13.1. The van der Waals surface area contributed by atoms with Gasteiger partial charge in [0.1, 0.15) is 5.82 Å². The molecule has 0 bridgehead atoms. The van der Waals surface area contributed by atoms with E-state index >= 15 is 0 Å². The van der Waals surface area contributed by atoms with E-state index < -0.39 is 5.97 Å². The first-order chi connectivity index (χ1) is 9.61. The molecule has 0 aromatic heterocycles. The fourth-order valence-corrected chi connectivity index (χ4v) is 3.23. The van der Waals surface area contributed by atoms with Gasteiger partial charge in [-0.25, -0.2) is 4.39 Å². The Kier molecular flexibility index (Phi) is 5.12. The molecular weight excluding hydrogens is 257 g/mol. The Morgan fingerprint density at radius 3 is 2.45 bits per heavy atom. The summed E-state index contributed by atoms with van der Waals surface area (Å²) < 4.78 is 13.1. The summed E-state index contributed by atoms with van der Waals surface area (Å²) in [7, 11) is 0. The maximum Gasteiger partial charge on any atom is 0.317 e. The average molecular weight is 279 g/mol. The van der Waals surface area contributed by atoms with Crippen LogP contribution in [-0.4, -0.2) is 28.6 Å². The maximum atomic E-state index is 13.1. The Morgan fingerprint density at radius 1 is 1.35 bits per heavy atom. The summed E-state index contributed by atoms with van der Waals surface area (Å²) in [5.41, 5.74) is 1.00. The zero-order chi connectivity index (χ0) is 14.5.